The molecule has 0 saturated carbocycles. The van der Waals surface area contributed by atoms with Crippen LogP contribution in [0, 0.1) is 13.8 Å². The van der Waals surface area contributed by atoms with Crippen molar-refractivity contribution in [1.82, 2.24) is 4.98 Å². The molecule has 1 unspecified atom stereocenters. The Kier molecular flexibility index (Phi) is 3.40. The Morgan fingerprint density at radius 3 is 2.26 bits per heavy atom. The monoisotopic (exact) mass is 256 g/mol. The molecule has 0 aliphatic carbocycles. The summed E-state index contributed by atoms with van der Waals surface area (Å²) in [6.45, 7) is 12.9. The van der Waals surface area contributed by atoms with Crippen LogP contribution in [0.1, 0.15) is 56.1 Å². The summed E-state index contributed by atoms with van der Waals surface area (Å²) in [6.07, 6.45) is 0. The standard InChI is InChI=1S/C17H24N2/c1-10-7-11(2)16-13(12(3)18)9-15(17(4,5)6)19-14(16)8-10/h7-9,12H,18H2,1-6H3. The number of nitrogens with two attached hydrogens (primary N) is 1. The minimum atomic E-state index is 0.0213. The van der Waals surface area contributed by atoms with Crippen LogP contribution in [0.2, 0.25) is 0 Å². The van der Waals surface area contributed by atoms with E-state index in [1.165, 1.54) is 22.1 Å². The molecule has 1 aromatic heterocycles. The van der Waals surface area contributed by atoms with Gasteiger partial charge in [0.15, 0.2) is 0 Å². The van der Waals surface area contributed by atoms with Crippen molar-refractivity contribution in [3.63, 3.8) is 0 Å². The topological polar surface area (TPSA) is 38.9 Å². The number of hydrogen-bond acceptors (Lipinski definition) is 2. The molecular weight excluding hydrogens is 232 g/mol. The molecule has 1 atom stereocenters. The van der Waals surface area contributed by atoms with Crippen molar-refractivity contribution in [1.29, 1.82) is 0 Å². The van der Waals surface area contributed by atoms with Crippen molar-refractivity contribution in [2.75, 3.05) is 0 Å². The van der Waals surface area contributed by atoms with Gasteiger partial charge in [-0.1, -0.05) is 26.8 Å². The van der Waals surface area contributed by atoms with Crippen molar-refractivity contribution in [3.8, 4) is 0 Å². The molecule has 0 spiro atoms. The van der Waals surface area contributed by atoms with Crippen LogP contribution in [0.15, 0.2) is 18.2 Å². The van der Waals surface area contributed by atoms with Gasteiger partial charge < -0.3 is 5.73 Å². The van der Waals surface area contributed by atoms with Crippen LogP contribution in [0.3, 0.4) is 0 Å². The van der Waals surface area contributed by atoms with Crippen molar-refractivity contribution < 1.29 is 0 Å². The second-order valence-electron chi connectivity index (χ2n) is 6.61. The summed E-state index contributed by atoms with van der Waals surface area (Å²) in [5.74, 6) is 0. The van der Waals surface area contributed by atoms with E-state index in [-0.39, 0.29) is 11.5 Å². The molecule has 0 amide bonds. The molecule has 2 nitrogen and oxygen atoms in total. The van der Waals surface area contributed by atoms with Crippen LogP contribution in [0.5, 0.6) is 0 Å². The van der Waals surface area contributed by atoms with Crippen LogP contribution in [-0.4, -0.2) is 4.98 Å². The van der Waals surface area contributed by atoms with Crippen molar-refractivity contribution in [3.05, 3.63) is 40.6 Å². The van der Waals surface area contributed by atoms with Gasteiger partial charge in [0.2, 0.25) is 0 Å². The first-order valence-electron chi connectivity index (χ1n) is 6.88. The summed E-state index contributed by atoms with van der Waals surface area (Å²) >= 11 is 0. The maximum Gasteiger partial charge on any atom is 0.0714 e. The van der Waals surface area contributed by atoms with E-state index in [0.29, 0.717) is 0 Å². The van der Waals surface area contributed by atoms with Gasteiger partial charge in [-0.3, -0.25) is 4.98 Å². The van der Waals surface area contributed by atoms with Gasteiger partial charge in [0.05, 0.1) is 5.52 Å². The Bertz CT molecular complexity index is 619. The van der Waals surface area contributed by atoms with Gasteiger partial charge in [-0.05, 0) is 49.6 Å². The first-order chi connectivity index (χ1) is 8.70. The molecular formula is C17H24N2. The molecule has 1 heterocycles. The predicted octanol–water partition coefficient (Wildman–Crippen LogP) is 4.17. The van der Waals surface area contributed by atoms with Gasteiger partial charge >= 0.3 is 0 Å². The quantitative estimate of drug-likeness (QED) is 0.831. The fourth-order valence-electron chi connectivity index (χ4n) is 2.53. The Morgan fingerprint density at radius 1 is 1.11 bits per heavy atom. The summed E-state index contributed by atoms with van der Waals surface area (Å²) in [4.78, 5) is 4.86. The van der Waals surface area contributed by atoms with E-state index in [1.807, 2.05) is 6.92 Å². The lowest BCUT2D eigenvalue weighted by Gasteiger charge is -2.22. The smallest absolute Gasteiger partial charge is 0.0714 e. The predicted molar refractivity (Wildman–Crippen MR) is 82.5 cm³/mol. The highest BCUT2D eigenvalue weighted by molar-refractivity contribution is 5.87. The van der Waals surface area contributed by atoms with Crippen LogP contribution in [0.4, 0.5) is 0 Å². The van der Waals surface area contributed by atoms with E-state index >= 15 is 0 Å². The third kappa shape index (κ3) is 2.64. The highest BCUT2D eigenvalue weighted by Gasteiger charge is 2.19. The summed E-state index contributed by atoms with van der Waals surface area (Å²) in [7, 11) is 0. The fraction of sp³-hybridized carbons (Fsp3) is 0.471. The highest BCUT2D eigenvalue weighted by atomic mass is 14.7. The molecule has 0 fully saturated rings. The molecule has 1 aromatic carbocycles. The molecule has 2 aromatic rings. The Labute approximate surface area is 116 Å². The molecule has 0 radical (unpaired) electrons. The van der Waals surface area contributed by atoms with Crippen molar-refractivity contribution in [2.24, 2.45) is 5.73 Å². The number of pyridine rings is 1. The molecule has 2 N–H and O–H groups in total. The number of aryl methyl sites for hydroxylation is 2. The number of aromatic nitrogens is 1. The molecule has 102 valence electrons. The zero-order valence-corrected chi connectivity index (χ0v) is 12.8. The molecule has 2 heteroatoms. The van der Waals surface area contributed by atoms with Crippen LogP contribution in [0.25, 0.3) is 10.9 Å². The van der Waals surface area contributed by atoms with E-state index in [2.05, 4.69) is 52.8 Å². The number of hydrogen-bond donors (Lipinski definition) is 1. The van der Waals surface area contributed by atoms with Crippen LogP contribution < -0.4 is 5.73 Å². The van der Waals surface area contributed by atoms with Crippen LogP contribution >= 0.6 is 0 Å². The van der Waals surface area contributed by atoms with E-state index in [1.54, 1.807) is 0 Å². The van der Waals surface area contributed by atoms with Gasteiger partial charge in [-0.15, -0.1) is 0 Å². The zero-order valence-electron chi connectivity index (χ0n) is 12.8. The highest BCUT2D eigenvalue weighted by Crippen LogP contribution is 2.31. The lowest BCUT2D eigenvalue weighted by Crippen LogP contribution is -2.16. The largest absolute Gasteiger partial charge is 0.324 e. The fourth-order valence-corrected chi connectivity index (χ4v) is 2.53. The molecule has 0 bridgehead atoms. The van der Waals surface area contributed by atoms with Crippen molar-refractivity contribution in [2.45, 2.75) is 53.0 Å². The second kappa shape index (κ2) is 4.61. The number of benzene rings is 1. The van der Waals surface area contributed by atoms with Gasteiger partial charge in [-0.2, -0.15) is 0 Å². The summed E-state index contributed by atoms with van der Waals surface area (Å²) < 4.78 is 0. The maximum atomic E-state index is 6.17. The minimum absolute atomic E-state index is 0.0213. The lowest BCUT2D eigenvalue weighted by atomic mass is 9.88. The summed E-state index contributed by atoms with van der Waals surface area (Å²) in [5.41, 5.74) is 12.1. The van der Waals surface area contributed by atoms with Gasteiger partial charge in [0, 0.05) is 22.5 Å². The minimum Gasteiger partial charge on any atom is -0.324 e. The average molecular weight is 256 g/mol. The number of nitrogens with zero attached hydrogens (tertiary/aromatic N) is 1. The Hall–Kier alpha value is -1.41. The van der Waals surface area contributed by atoms with E-state index in [9.17, 15) is 0 Å². The lowest BCUT2D eigenvalue weighted by molar-refractivity contribution is 0.569. The van der Waals surface area contributed by atoms with E-state index in [4.69, 9.17) is 10.7 Å². The van der Waals surface area contributed by atoms with Crippen LogP contribution in [-0.2, 0) is 5.41 Å². The normalized spacial score (nSPS) is 13.8. The Balaban J connectivity index is 2.88. The third-order valence-electron chi connectivity index (χ3n) is 3.54. The molecule has 19 heavy (non-hydrogen) atoms. The summed E-state index contributed by atoms with van der Waals surface area (Å²) in [5, 5.41) is 1.22. The molecule has 0 aliphatic rings. The molecule has 0 aliphatic heterocycles. The van der Waals surface area contributed by atoms with E-state index < -0.39 is 0 Å². The molecule has 0 saturated heterocycles. The molecule has 2 rings (SSSR count). The average Bonchev–Trinajstić information content (AvgIpc) is 2.25. The first-order valence-corrected chi connectivity index (χ1v) is 6.88. The second-order valence-corrected chi connectivity index (χ2v) is 6.61. The number of rotatable bonds is 1. The van der Waals surface area contributed by atoms with Gasteiger partial charge in [0.1, 0.15) is 0 Å². The maximum absolute atomic E-state index is 6.17. The van der Waals surface area contributed by atoms with Crippen molar-refractivity contribution >= 4 is 10.9 Å². The summed E-state index contributed by atoms with van der Waals surface area (Å²) in [6, 6.07) is 6.55. The SMILES string of the molecule is Cc1cc(C)c2c(C(C)N)cc(C(C)(C)C)nc2c1. The number of fused-ring (bicyclic) bond motifs is 1. The Morgan fingerprint density at radius 2 is 1.74 bits per heavy atom. The first kappa shape index (κ1) is 14.0. The third-order valence-corrected chi connectivity index (χ3v) is 3.54. The van der Waals surface area contributed by atoms with Gasteiger partial charge in [-0.25, -0.2) is 0 Å². The van der Waals surface area contributed by atoms with E-state index in [0.717, 1.165) is 11.2 Å². The zero-order chi connectivity index (χ0) is 14.4. The van der Waals surface area contributed by atoms with Gasteiger partial charge in [0.25, 0.3) is 0 Å².